The Morgan fingerprint density at radius 2 is 2.19 bits per heavy atom. The molecule has 1 saturated heterocycles. The molecule has 1 atom stereocenters. The lowest BCUT2D eigenvalue weighted by Gasteiger charge is -2.26. The maximum absolute atomic E-state index is 12.2. The minimum absolute atomic E-state index is 0.211. The fraction of sp³-hybridized carbons (Fsp3) is 0.467. The third-order valence-corrected chi connectivity index (χ3v) is 5.32. The van der Waals surface area contributed by atoms with Gasteiger partial charge in [-0.25, -0.2) is 4.79 Å². The van der Waals surface area contributed by atoms with E-state index in [1.807, 2.05) is 23.1 Å². The number of rotatable bonds is 4. The van der Waals surface area contributed by atoms with Gasteiger partial charge in [-0.2, -0.15) is 11.8 Å². The third-order valence-electron chi connectivity index (χ3n) is 4.13. The summed E-state index contributed by atoms with van der Waals surface area (Å²) in [4.78, 5) is 25.7. The highest BCUT2D eigenvalue weighted by atomic mass is 32.2. The van der Waals surface area contributed by atoms with Crippen LogP contribution in [0.5, 0.6) is 0 Å². The van der Waals surface area contributed by atoms with Gasteiger partial charge < -0.3 is 15.3 Å². The van der Waals surface area contributed by atoms with Crippen LogP contribution in [0.2, 0.25) is 0 Å². The molecule has 6 heteroatoms. The number of carboxylic acid groups (broad SMARTS) is 1. The number of thioether (sulfide) groups is 1. The van der Waals surface area contributed by atoms with Crippen LogP contribution < -0.4 is 10.2 Å². The molecule has 1 aromatic rings. The maximum atomic E-state index is 12.2. The molecule has 21 heavy (non-hydrogen) atoms. The minimum Gasteiger partial charge on any atom is -0.479 e. The first-order valence-electron chi connectivity index (χ1n) is 7.06. The lowest BCUT2D eigenvalue weighted by Crippen LogP contribution is -2.56. The number of hydrogen-bond donors (Lipinski definition) is 2. The smallest absolute Gasteiger partial charge is 0.330 e. The topological polar surface area (TPSA) is 69.6 Å². The van der Waals surface area contributed by atoms with Crippen molar-refractivity contribution in [2.45, 2.75) is 18.4 Å². The van der Waals surface area contributed by atoms with Crippen molar-refractivity contribution >= 4 is 29.3 Å². The second kappa shape index (κ2) is 5.60. The summed E-state index contributed by atoms with van der Waals surface area (Å²) in [6, 6.07) is 8.03. The molecule has 2 heterocycles. The van der Waals surface area contributed by atoms with Crippen LogP contribution in [0.4, 0.5) is 5.69 Å². The van der Waals surface area contributed by atoms with Crippen molar-refractivity contribution in [3.8, 4) is 0 Å². The molecule has 1 aromatic carbocycles. The number of nitrogens with zero attached hydrogens (tertiary/aromatic N) is 1. The molecule has 1 amide bonds. The lowest BCUT2D eigenvalue weighted by atomic mass is 9.99. The Kier molecular flexibility index (Phi) is 3.80. The second-order valence-corrected chi connectivity index (χ2v) is 6.64. The van der Waals surface area contributed by atoms with Crippen molar-refractivity contribution < 1.29 is 14.7 Å². The number of amides is 1. The Balaban J connectivity index is 1.66. The molecule has 0 saturated carbocycles. The van der Waals surface area contributed by atoms with E-state index in [0.29, 0.717) is 12.2 Å². The molecule has 1 fully saturated rings. The summed E-state index contributed by atoms with van der Waals surface area (Å²) in [7, 11) is 0. The second-order valence-electron chi connectivity index (χ2n) is 5.54. The van der Waals surface area contributed by atoms with Crippen LogP contribution in [0.15, 0.2) is 24.3 Å². The minimum atomic E-state index is -1.08. The van der Waals surface area contributed by atoms with Gasteiger partial charge in [0.05, 0.1) is 6.54 Å². The SMILES string of the molecule is O=C(CN1CCc2ccccc21)NC1(C(=O)O)CCSC1. The number of nitrogens with one attached hydrogen (secondary N) is 1. The van der Waals surface area contributed by atoms with Gasteiger partial charge in [0.2, 0.25) is 5.91 Å². The van der Waals surface area contributed by atoms with Gasteiger partial charge in [0.15, 0.2) is 0 Å². The van der Waals surface area contributed by atoms with Crippen molar-refractivity contribution in [1.29, 1.82) is 0 Å². The normalized spacial score (nSPS) is 23.9. The Morgan fingerprint density at radius 1 is 1.38 bits per heavy atom. The van der Waals surface area contributed by atoms with Crippen LogP contribution in [-0.2, 0) is 16.0 Å². The summed E-state index contributed by atoms with van der Waals surface area (Å²) in [6.07, 6.45) is 1.43. The molecule has 2 N–H and O–H groups in total. The van der Waals surface area contributed by atoms with Crippen molar-refractivity contribution in [2.24, 2.45) is 0 Å². The Labute approximate surface area is 127 Å². The van der Waals surface area contributed by atoms with Crippen LogP contribution in [0.1, 0.15) is 12.0 Å². The quantitative estimate of drug-likeness (QED) is 0.872. The lowest BCUT2D eigenvalue weighted by molar-refractivity contribution is -0.146. The molecule has 2 aliphatic rings. The zero-order chi connectivity index (χ0) is 14.9. The van der Waals surface area contributed by atoms with Gasteiger partial charge >= 0.3 is 5.97 Å². The summed E-state index contributed by atoms with van der Waals surface area (Å²) < 4.78 is 0. The summed E-state index contributed by atoms with van der Waals surface area (Å²) in [5, 5.41) is 12.1. The van der Waals surface area contributed by atoms with Gasteiger partial charge in [0.1, 0.15) is 5.54 Å². The van der Waals surface area contributed by atoms with Gasteiger partial charge in [0, 0.05) is 18.0 Å². The van der Waals surface area contributed by atoms with Gasteiger partial charge in [-0.05, 0) is 30.2 Å². The average molecular weight is 306 g/mol. The van der Waals surface area contributed by atoms with Crippen LogP contribution in [0, 0.1) is 0 Å². The zero-order valence-corrected chi connectivity index (χ0v) is 12.5. The molecule has 0 aliphatic carbocycles. The van der Waals surface area contributed by atoms with Crippen molar-refractivity contribution in [1.82, 2.24) is 5.32 Å². The highest BCUT2D eigenvalue weighted by Crippen LogP contribution is 2.29. The van der Waals surface area contributed by atoms with Crippen LogP contribution in [0.25, 0.3) is 0 Å². The Hall–Kier alpha value is -1.69. The number of fused-ring (bicyclic) bond motifs is 1. The molecule has 2 aliphatic heterocycles. The molecule has 0 aromatic heterocycles. The van der Waals surface area contributed by atoms with Crippen LogP contribution >= 0.6 is 11.8 Å². The molecular weight excluding hydrogens is 288 g/mol. The number of carboxylic acids is 1. The molecule has 0 spiro atoms. The van der Waals surface area contributed by atoms with E-state index in [0.717, 1.165) is 24.4 Å². The van der Waals surface area contributed by atoms with E-state index in [-0.39, 0.29) is 12.5 Å². The third kappa shape index (κ3) is 2.72. The van der Waals surface area contributed by atoms with E-state index in [9.17, 15) is 14.7 Å². The van der Waals surface area contributed by atoms with Crippen LogP contribution in [0.3, 0.4) is 0 Å². The van der Waals surface area contributed by atoms with E-state index in [1.54, 1.807) is 11.8 Å². The summed E-state index contributed by atoms with van der Waals surface area (Å²) >= 11 is 1.57. The first kappa shape index (κ1) is 14.3. The maximum Gasteiger partial charge on any atom is 0.330 e. The number of anilines is 1. The van der Waals surface area contributed by atoms with Gasteiger partial charge in [0.25, 0.3) is 0 Å². The van der Waals surface area contributed by atoms with E-state index >= 15 is 0 Å². The van der Waals surface area contributed by atoms with E-state index < -0.39 is 11.5 Å². The number of benzene rings is 1. The Morgan fingerprint density at radius 3 is 2.90 bits per heavy atom. The Bertz CT molecular complexity index is 570. The highest BCUT2D eigenvalue weighted by molar-refractivity contribution is 7.99. The average Bonchev–Trinajstić information content (AvgIpc) is 3.08. The summed E-state index contributed by atoms with van der Waals surface area (Å²) in [5.74, 6) is 0.0864. The number of para-hydroxylation sites is 1. The zero-order valence-electron chi connectivity index (χ0n) is 11.7. The molecule has 1 unspecified atom stereocenters. The van der Waals surface area contributed by atoms with Gasteiger partial charge in [-0.15, -0.1) is 0 Å². The van der Waals surface area contributed by atoms with Crippen molar-refractivity contribution in [2.75, 3.05) is 29.5 Å². The standard InChI is InChI=1S/C15H18N2O3S/c18-13(16-15(14(19)20)6-8-21-10-15)9-17-7-5-11-3-1-2-4-12(11)17/h1-4H,5-10H2,(H,16,18)(H,19,20). The monoisotopic (exact) mass is 306 g/mol. The molecule has 3 rings (SSSR count). The fourth-order valence-corrected chi connectivity index (χ4v) is 4.26. The predicted molar refractivity (Wildman–Crippen MR) is 82.8 cm³/mol. The molecule has 0 bridgehead atoms. The highest BCUT2D eigenvalue weighted by Gasteiger charge is 2.43. The summed E-state index contributed by atoms with van der Waals surface area (Å²) in [6.45, 7) is 1.03. The van der Waals surface area contributed by atoms with Gasteiger partial charge in [-0.3, -0.25) is 4.79 Å². The fourth-order valence-electron chi connectivity index (χ4n) is 2.94. The first-order chi connectivity index (χ1) is 10.1. The van der Waals surface area contributed by atoms with E-state index in [4.69, 9.17) is 0 Å². The molecule has 5 nitrogen and oxygen atoms in total. The first-order valence-corrected chi connectivity index (χ1v) is 8.21. The number of hydrogen-bond acceptors (Lipinski definition) is 4. The number of carbonyl (C=O) groups excluding carboxylic acids is 1. The summed E-state index contributed by atoms with van der Waals surface area (Å²) in [5.41, 5.74) is 1.24. The molecule has 0 radical (unpaired) electrons. The largest absolute Gasteiger partial charge is 0.479 e. The van der Waals surface area contributed by atoms with Crippen molar-refractivity contribution in [3.63, 3.8) is 0 Å². The van der Waals surface area contributed by atoms with Gasteiger partial charge in [-0.1, -0.05) is 18.2 Å². The van der Waals surface area contributed by atoms with E-state index in [2.05, 4.69) is 11.4 Å². The predicted octanol–water partition coefficient (Wildman–Crippen LogP) is 1.13. The molecular formula is C15H18N2O3S. The molecule has 112 valence electrons. The number of aliphatic carboxylic acids is 1. The number of carbonyl (C=O) groups is 2. The van der Waals surface area contributed by atoms with Crippen molar-refractivity contribution in [3.05, 3.63) is 29.8 Å². The van der Waals surface area contributed by atoms with Crippen LogP contribution in [-0.4, -0.2) is 47.1 Å². The van der Waals surface area contributed by atoms with E-state index in [1.165, 1.54) is 5.56 Å².